The van der Waals surface area contributed by atoms with E-state index in [4.69, 9.17) is 9.47 Å². The van der Waals surface area contributed by atoms with E-state index in [1.165, 1.54) is 18.9 Å². The maximum atomic E-state index is 13.6. The smallest absolute Gasteiger partial charge is 0.357 e. The van der Waals surface area contributed by atoms with Gasteiger partial charge in [0.25, 0.3) is 5.91 Å². The van der Waals surface area contributed by atoms with Crippen LogP contribution in [0.5, 0.6) is 11.5 Å². The molecular formula is C28H30N4O5. The Morgan fingerprint density at radius 1 is 0.973 bits per heavy atom. The van der Waals surface area contributed by atoms with Crippen molar-refractivity contribution >= 4 is 22.6 Å². The van der Waals surface area contributed by atoms with E-state index in [-0.39, 0.29) is 17.0 Å². The van der Waals surface area contributed by atoms with E-state index < -0.39 is 11.9 Å². The second-order valence-electron chi connectivity index (χ2n) is 8.74. The number of carboxylic acid groups (broad SMARTS) is 1. The number of carboxylic acids is 1. The van der Waals surface area contributed by atoms with E-state index in [2.05, 4.69) is 10.4 Å². The maximum absolute atomic E-state index is 13.6. The van der Waals surface area contributed by atoms with Crippen LogP contribution in [0, 0.1) is 0 Å². The monoisotopic (exact) mass is 502 g/mol. The third-order valence-corrected chi connectivity index (χ3v) is 6.04. The highest BCUT2D eigenvalue weighted by molar-refractivity contribution is 6.09. The number of amides is 1. The zero-order chi connectivity index (χ0) is 26.5. The van der Waals surface area contributed by atoms with Gasteiger partial charge in [-0.1, -0.05) is 42.5 Å². The van der Waals surface area contributed by atoms with Crippen LogP contribution in [-0.4, -0.2) is 73.1 Å². The highest BCUT2D eigenvalue weighted by Gasteiger charge is 2.32. The van der Waals surface area contributed by atoms with Gasteiger partial charge >= 0.3 is 5.97 Å². The molecule has 0 unspecified atom stereocenters. The Labute approximate surface area is 215 Å². The summed E-state index contributed by atoms with van der Waals surface area (Å²) in [6.07, 6.45) is 0.700. The van der Waals surface area contributed by atoms with Gasteiger partial charge in [0.1, 0.15) is 17.1 Å². The summed E-state index contributed by atoms with van der Waals surface area (Å²) in [6, 6.07) is 18.6. The first-order valence-electron chi connectivity index (χ1n) is 11.9. The predicted molar refractivity (Wildman–Crippen MR) is 142 cm³/mol. The molecule has 0 fully saturated rings. The lowest BCUT2D eigenvalue weighted by atomic mass is 10.0. The van der Waals surface area contributed by atoms with Crippen molar-refractivity contribution in [1.29, 1.82) is 0 Å². The SMILES string of the molecule is COc1cccc(OC)c1-c1c(C(=O)NCCCN(C)C)c(C(=O)O)nn1-c1cccc2ccccc12. The summed E-state index contributed by atoms with van der Waals surface area (Å²) >= 11 is 0. The van der Waals surface area contributed by atoms with E-state index in [9.17, 15) is 14.7 Å². The highest BCUT2D eigenvalue weighted by atomic mass is 16.5. The van der Waals surface area contributed by atoms with Crippen molar-refractivity contribution in [3.8, 4) is 28.4 Å². The second kappa shape index (κ2) is 11.1. The van der Waals surface area contributed by atoms with E-state index in [1.54, 1.807) is 18.2 Å². The molecule has 9 heteroatoms. The molecule has 0 saturated heterocycles. The van der Waals surface area contributed by atoms with Crippen molar-refractivity contribution in [2.45, 2.75) is 6.42 Å². The molecule has 0 aliphatic heterocycles. The molecule has 0 aliphatic carbocycles. The van der Waals surface area contributed by atoms with Crippen molar-refractivity contribution in [1.82, 2.24) is 20.0 Å². The molecule has 1 amide bonds. The molecule has 37 heavy (non-hydrogen) atoms. The van der Waals surface area contributed by atoms with Crippen LogP contribution in [0.1, 0.15) is 27.3 Å². The zero-order valence-electron chi connectivity index (χ0n) is 21.3. The Hall–Kier alpha value is -4.37. The van der Waals surface area contributed by atoms with Gasteiger partial charge in [-0.25, -0.2) is 9.48 Å². The van der Waals surface area contributed by atoms with Gasteiger partial charge < -0.3 is 24.8 Å². The number of nitrogens with zero attached hydrogens (tertiary/aromatic N) is 3. The van der Waals surface area contributed by atoms with Crippen LogP contribution >= 0.6 is 0 Å². The number of fused-ring (bicyclic) bond motifs is 1. The summed E-state index contributed by atoms with van der Waals surface area (Å²) < 4.78 is 12.8. The van der Waals surface area contributed by atoms with E-state index in [0.717, 1.165) is 17.3 Å². The zero-order valence-corrected chi connectivity index (χ0v) is 21.3. The molecule has 4 aromatic rings. The number of aromatic nitrogens is 2. The minimum Gasteiger partial charge on any atom is -0.496 e. The predicted octanol–water partition coefficient (Wildman–Crippen LogP) is 4.09. The number of hydrogen-bond acceptors (Lipinski definition) is 6. The molecule has 3 aromatic carbocycles. The topological polar surface area (TPSA) is 106 Å². The first-order valence-corrected chi connectivity index (χ1v) is 11.9. The summed E-state index contributed by atoms with van der Waals surface area (Å²) in [5.41, 5.74) is 0.899. The Balaban J connectivity index is 2.02. The van der Waals surface area contributed by atoms with Crippen molar-refractivity contribution < 1.29 is 24.2 Å². The first-order chi connectivity index (χ1) is 17.9. The van der Waals surface area contributed by atoms with Crippen molar-refractivity contribution in [3.05, 3.63) is 71.9 Å². The van der Waals surface area contributed by atoms with Crippen LogP contribution in [-0.2, 0) is 0 Å². The van der Waals surface area contributed by atoms with E-state index in [0.29, 0.717) is 35.7 Å². The number of hydrogen-bond donors (Lipinski definition) is 2. The number of rotatable bonds is 10. The van der Waals surface area contributed by atoms with Crippen molar-refractivity contribution in [3.63, 3.8) is 0 Å². The Morgan fingerprint density at radius 2 is 1.62 bits per heavy atom. The molecule has 2 N–H and O–H groups in total. The van der Waals surface area contributed by atoms with Crippen molar-refractivity contribution in [2.24, 2.45) is 0 Å². The summed E-state index contributed by atoms with van der Waals surface area (Å²) in [7, 11) is 6.92. The summed E-state index contributed by atoms with van der Waals surface area (Å²) in [5, 5.41) is 19.3. The molecule has 0 aliphatic rings. The van der Waals surface area contributed by atoms with Crippen LogP contribution in [0.3, 0.4) is 0 Å². The maximum Gasteiger partial charge on any atom is 0.357 e. The fourth-order valence-electron chi connectivity index (χ4n) is 4.35. The van der Waals surface area contributed by atoms with Crippen LogP contribution in [0.25, 0.3) is 27.7 Å². The van der Waals surface area contributed by atoms with Gasteiger partial charge in [-0.15, -0.1) is 0 Å². The third-order valence-electron chi connectivity index (χ3n) is 6.04. The number of aromatic carboxylic acids is 1. The number of ether oxygens (including phenoxy) is 2. The highest BCUT2D eigenvalue weighted by Crippen LogP contribution is 2.42. The third kappa shape index (κ3) is 5.12. The molecule has 0 bridgehead atoms. The fraction of sp³-hybridized carbons (Fsp3) is 0.250. The Kier molecular flexibility index (Phi) is 7.74. The summed E-state index contributed by atoms with van der Waals surface area (Å²) in [5.74, 6) is -1.02. The molecule has 0 spiro atoms. The number of carbonyl (C=O) groups excluding carboxylic acids is 1. The lowest BCUT2D eigenvalue weighted by Gasteiger charge is -2.17. The van der Waals surface area contributed by atoms with Crippen LogP contribution in [0.2, 0.25) is 0 Å². The molecule has 1 heterocycles. The van der Waals surface area contributed by atoms with Gasteiger partial charge in [0.05, 0.1) is 31.2 Å². The minimum atomic E-state index is -1.31. The van der Waals surface area contributed by atoms with E-state index in [1.807, 2.05) is 61.5 Å². The first kappa shape index (κ1) is 25.7. The largest absolute Gasteiger partial charge is 0.496 e. The molecule has 0 saturated carbocycles. The fourth-order valence-corrected chi connectivity index (χ4v) is 4.35. The average Bonchev–Trinajstić information content (AvgIpc) is 3.30. The number of methoxy groups -OCH3 is 2. The van der Waals surface area contributed by atoms with Gasteiger partial charge in [0.2, 0.25) is 0 Å². The molecule has 0 radical (unpaired) electrons. The van der Waals surface area contributed by atoms with Crippen molar-refractivity contribution in [2.75, 3.05) is 41.4 Å². The van der Waals surface area contributed by atoms with E-state index >= 15 is 0 Å². The molecule has 9 nitrogen and oxygen atoms in total. The average molecular weight is 503 g/mol. The van der Waals surface area contributed by atoms with Crippen LogP contribution in [0.15, 0.2) is 60.7 Å². The standard InChI is InChI=1S/C28H30N4O5/c1-31(2)17-9-16-29-27(33)24-25(28(34)35)30-32(20-13-7-11-18-10-5-6-12-19(18)20)26(24)23-21(36-3)14-8-15-22(23)37-4/h5-8,10-15H,9,16-17H2,1-4H3,(H,29,33)(H,34,35). The molecule has 4 rings (SSSR count). The van der Waals surface area contributed by atoms with Gasteiger partial charge in [-0.2, -0.15) is 5.10 Å². The second-order valence-corrected chi connectivity index (χ2v) is 8.74. The van der Waals surface area contributed by atoms with Crippen LogP contribution in [0.4, 0.5) is 0 Å². The van der Waals surface area contributed by atoms with Gasteiger partial charge in [0.15, 0.2) is 5.69 Å². The van der Waals surface area contributed by atoms with Gasteiger partial charge in [-0.3, -0.25) is 4.79 Å². The lowest BCUT2D eigenvalue weighted by Crippen LogP contribution is -2.28. The molecule has 1 aromatic heterocycles. The number of carbonyl (C=O) groups is 2. The number of nitrogens with one attached hydrogen (secondary N) is 1. The Bertz CT molecular complexity index is 1420. The summed E-state index contributed by atoms with van der Waals surface area (Å²) in [6.45, 7) is 1.15. The van der Waals surface area contributed by atoms with Crippen LogP contribution < -0.4 is 14.8 Å². The number of benzene rings is 3. The molecule has 0 atom stereocenters. The lowest BCUT2D eigenvalue weighted by molar-refractivity contribution is 0.0684. The Morgan fingerprint density at radius 3 is 2.27 bits per heavy atom. The van der Waals surface area contributed by atoms with Gasteiger partial charge in [-0.05, 0) is 50.6 Å². The van der Waals surface area contributed by atoms with Gasteiger partial charge in [0, 0.05) is 11.9 Å². The normalized spacial score (nSPS) is 11.1. The molecule has 192 valence electrons. The molecular weight excluding hydrogens is 472 g/mol. The quantitative estimate of drug-likeness (QED) is 0.315. The minimum absolute atomic E-state index is 0.0620. The summed E-state index contributed by atoms with van der Waals surface area (Å²) in [4.78, 5) is 28.0.